The summed E-state index contributed by atoms with van der Waals surface area (Å²) < 4.78 is 28.9. The molecule has 0 bridgehead atoms. The summed E-state index contributed by atoms with van der Waals surface area (Å²) in [6.45, 7) is 2.31. The van der Waals surface area contributed by atoms with Gasteiger partial charge in [0.2, 0.25) is 10.0 Å². The number of hydrogen-bond donors (Lipinski definition) is 0. The lowest BCUT2D eigenvalue weighted by molar-refractivity contribution is 0.101. The van der Waals surface area contributed by atoms with Crippen LogP contribution in [-0.4, -0.2) is 46.6 Å². The van der Waals surface area contributed by atoms with E-state index in [4.69, 9.17) is 0 Å². The van der Waals surface area contributed by atoms with Crippen LogP contribution in [0.4, 0.5) is 0 Å². The van der Waals surface area contributed by atoms with Crippen molar-refractivity contribution in [2.75, 3.05) is 13.1 Å². The lowest BCUT2D eigenvalue weighted by Crippen LogP contribution is -2.29. The number of ketones is 1. The summed E-state index contributed by atoms with van der Waals surface area (Å²) in [6.07, 6.45) is 5.01. The van der Waals surface area contributed by atoms with Gasteiger partial charge in [-0.1, -0.05) is 17.3 Å². The quantitative estimate of drug-likeness (QED) is 0.761. The average molecular weight is 360 g/mol. The van der Waals surface area contributed by atoms with Crippen molar-refractivity contribution in [3.05, 3.63) is 41.7 Å². The van der Waals surface area contributed by atoms with Gasteiger partial charge in [-0.15, -0.1) is 5.10 Å². The van der Waals surface area contributed by atoms with Crippen LogP contribution in [0.25, 0.3) is 0 Å². The summed E-state index contributed by atoms with van der Waals surface area (Å²) in [6, 6.07) is 6.14. The number of hydrogen-bond acceptors (Lipinski definition) is 5. The Labute approximate surface area is 146 Å². The molecule has 0 radical (unpaired) electrons. The summed E-state index contributed by atoms with van der Waals surface area (Å²) in [7, 11) is -3.56. The number of benzene rings is 1. The van der Waals surface area contributed by atoms with Gasteiger partial charge in [0.15, 0.2) is 5.78 Å². The van der Waals surface area contributed by atoms with Crippen LogP contribution < -0.4 is 0 Å². The molecule has 2 heterocycles. The second-order valence-electron chi connectivity index (χ2n) is 6.78. The molecule has 2 aromatic rings. The maximum atomic E-state index is 12.8. The highest BCUT2D eigenvalue weighted by molar-refractivity contribution is 7.89. The highest BCUT2D eigenvalue weighted by Gasteiger charge is 2.35. The number of carbonyl (C=O) groups excluding carboxylic acids is 1. The highest BCUT2D eigenvalue weighted by atomic mass is 32.2. The van der Waals surface area contributed by atoms with Crippen molar-refractivity contribution in [1.82, 2.24) is 19.3 Å². The fourth-order valence-corrected chi connectivity index (χ4v) is 4.68. The molecule has 0 spiro atoms. The van der Waals surface area contributed by atoms with E-state index in [0.29, 0.717) is 24.6 Å². The van der Waals surface area contributed by atoms with Gasteiger partial charge in [-0.25, -0.2) is 13.1 Å². The van der Waals surface area contributed by atoms with Gasteiger partial charge in [-0.3, -0.25) is 4.79 Å². The number of rotatable bonds is 5. The number of sulfonamides is 1. The minimum absolute atomic E-state index is 0.0197. The Balaban J connectivity index is 1.50. The maximum Gasteiger partial charge on any atom is 0.243 e. The molecule has 7 nitrogen and oxygen atoms in total. The van der Waals surface area contributed by atoms with E-state index >= 15 is 0 Å². The van der Waals surface area contributed by atoms with Crippen LogP contribution in [0.3, 0.4) is 0 Å². The minimum Gasteiger partial charge on any atom is -0.295 e. The Morgan fingerprint density at radius 3 is 2.52 bits per heavy atom. The van der Waals surface area contributed by atoms with Crippen LogP contribution in [0.15, 0.2) is 35.4 Å². The van der Waals surface area contributed by atoms with E-state index in [1.807, 2.05) is 10.9 Å². The zero-order chi connectivity index (χ0) is 17.6. The molecule has 1 saturated heterocycles. The molecular weight excluding hydrogens is 340 g/mol. The van der Waals surface area contributed by atoms with Crippen LogP contribution >= 0.6 is 0 Å². The Morgan fingerprint density at radius 2 is 1.88 bits per heavy atom. The summed E-state index contributed by atoms with van der Waals surface area (Å²) in [5.74, 6) is 0.456. The zero-order valence-electron chi connectivity index (χ0n) is 14.0. The lowest BCUT2D eigenvalue weighted by Gasteiger charge is -2.16. The van der Waals surface area contributed by atoms with Crippen molar-refractivity contribution in [1.29, 1.82) is 0 Å². The molecule has 1 unspecified atom stereocenters. The molecule has 2 aliphatic rings. The first-order chi connectivity index (χ1) is 11.9. The Morgan fingerprint density at radius 1 is 1.16 bits per heavy atom. The molecule has 0 amide bonds. The molecule has 0 N–H and O–H groups in total. The number of carbonyl (C=O) groups is 1. The van der Waals surface area contributed by atoms with Crippen molar-refractivity contribution >= 4 is 15.8 Å². The highest BCUT2D eigenvalue weighted by Crippen LogP contribution is 2.39. The molecular formula is C17H20N4O3S. The smallest absolute Gasteiger partial charge is 0.243 e. The number of Topliss-reactive ketones (excluding diaryl/α,β-unsaturated/α-hetero) is 1. The predicted octanol–water partition coefficient (Wildman–Crippen LogP) is 1.99. The van der Waals surface area contributed by atoms with E-state index in [1.54, 1.807) is 12.1 Å². The van der Waals surface area contributed by atoms with Crippen LogP contribution in [-0.2, 0) is 10.0 Å². The van der Waals surface area contributed by atoms with E-state index in [9.17, 15) is 13.2 Å². The maximum absolute atomic E-state index is 12.8. The normalized spacial score (nSPS) is 21.6. The third kappa shape index (κ3) is 3.11. The van der Waals surface area contributed by atoms with Crippen LogP contribution in [0.1, 0.15) is 54.2 Å². The molecule has 1 atom stereocenters. The van der Waals surface area contributed by atoms with Crippen molar-refractivity contribution in [2.24, 2.45) is 0 Å². The monoisotopic (exact) mass is 360 g/mol. The van der Waals surface area contributed by atoms with Gasteiger partial charge < -0.3 is 0 Å². The van der Waals surface area contributed by atoms with Gasteiger partial charge in [0.25, 0.3) is 0 Å². The molecule has 8 heteroatoms. The van der Waals surface area contributed by atoms with E-state index in [0.717, 1.165) is 12.1 Å². The first-order valence-corrected chi connectivity index (χ1v) is 9.92. The fraction of sp³-hybridized carbons (Fsp3) is 0.471. The van der Waals surface area contributed by atoms with Crippen molar-refractivity contribution in [3.63, 3.8) is 0 Å². The minimum atomic E-state index is -3.56. The molecule has 25 heavy (non-hydrogen) atoms. The molecule has 1 aromatic heterocycles. The Kier molecular flexibility index (Phi) is 3.96. The topological polar surface area (TPSA) is 85.2 Å². The molecule has 1 saturated carbocycles. The first-order valence-electron chi connectivity index (χ1n) is 8.48. The molecule has 1 aliphatic heterocycles. The van der Waals surface area contributed by atoms with Gasteiger partial charge in [0.05, 0.1) is 16.6 Å². The van der Waals surface area contributed by atoms with E-state index in [-0.39, 0.29) is 16.7 Å². The number of nitrogens with zero attached hydrogens (tertiary/aromatic N) is 4. The molecule has 2 fully saturated rings. The summed E-state index contributed by atoms with van der Waals surface area (Å²) in [5.41, 5.74) is 1.52. The largest absolute Gasteiger partial charge is 0.295 e. The van der Waals surface area contributed by atoms with Crippen LogP contribution in [0, 0.1) is 0 Å². The van der Waals surface area contributed by atoms with Crippen molar-refractivity contribution < 1.29 is 13.2 Å². The van der Waals surface area contributed by atoms with Crippen LogP contribution in [0.5, 0.6) is 0 Å². The molecule has 132 valence electrons. The summed E-state index contributed by atoms with van der Waals surface area (Å²) in [5, 5.41) is 8.39. The van der Waals surface area contributed by atoms with Crippen molar-refractivity contribution in [3.8, 4) is 0 Å². The Hall–Kier alpha value is -2.06. The van der Waals surface area contributed by atoms with Gasteiger partial charge in [0.1, 0.15) is 0 Å². The third-order valence-corrected chi connectivity index (χ3v) is 6.80. The fourth-order valence-electron chi connectivity index (χ4n) is 3.19. The number of aromatic nitrogens is 3. The molecule has 1 aliphatic carbocycles. The summed E-state index contributed by atoms with van der Waals surface area (Å²) >= 11 is 0. The second kappa shape index (κ2) is 6.03. The van der Waals surface area contributed by atoms with E-state index in [2.05, 4.69) is 10.3 Å². The van der Waals surface area contributed by atoms with Gasteiger partial charge in [-0.2, -0.15) is 4.31 Å². The average Bonchev–Trinajstić information content (AvgIpc) is 3.12. The Bertz CT molecular complexity index is 900. The van der Waals surface area contributed by atoms with Gasteiger partial charge >= 0.3 is 0 Å². The van der Waals surface area contributed by atoms with E-state index in [1.165, 1.54) is 36.2 Å². The molecule has 4 rings (SSSR count). The predicted molar refractivity (Wildman–Crippen MR) is 90.9 cm³/mol. The molecule has 1 aromatic carbocycles. The second-order valence-corrected chi connectivity index (χ2v) is 8.72. The van der Waals surface area contributed by atoms with Gasteiger partial charge in [-0.05, 0) is 38.3 Å². The van der Waals surface area contributed by atoms with E-state index < -0.39 is 10.0 Å². The van der Waals surface area contributed by atoms with Crippen molar-refractivity contribution in [2.45, 2.75) is 43.0 Å². The summed E-state index contributed by atoms with van der Waals surface area (Å²) in [4.78, 5) is 11.6. The van der Waals surface area contributed by atoms with Crippen LogP contribution in [0.2, 0.25) is 0 Å². The SMILES string of the molecule is CC(=O)c1ccc(S(=O)(=O)N2CCC(n3cc(C4CC4)nn3)C2)cc1. The first kappa shape index (κ1) is 16.4. The third-order valence-electron chi connectivity index (χ3n) is 4.92. The van der Waals surface area contributed by atoms with Gasteiger partial charge in [0, 0.05) is 30.8 Å². The standard InChI is InChI=1S/C17H20N4O3S/c1-12(22)13-4-6-16(7-5-13)25(23,24)20-9-8-15(10-20)21-11-17(18-19-21)14-2-3-14/h4-7,11,14-15H,2-3,8-10H2,1H3. The lowest BCUT2D eigenvalue weighted by atomic mass is 10.2. The zero-order valence-corrected chi connectivity index (χ0v) is 14.8.